The minimum Gasteiger partial charge on any atom is -0.496 e. The van der Waals surface area contributed by atoms with Crippen molar-refractivity contribution >= 4 is 44.0 Å². The summed E-state index contributed by atoms with van der Waals surface area (Å²) in [5.74, 6) is 1.48. The van der Waals surface area contributed by atoms with Gasteiger partial charge in [0, 0.05) is 18.5 Å². The first-order valence-corrected chi connectivity index (χ1v) is 10.7. The number of ether oxygens (including phenoxy) is 1. The Hall–Kier alpha value is -2.49. The molecule has 0 atom stereocenters. The van der Waals surface area contributed by atoms with E-state index in [-0.39, 0.29) is 4.90 Å². The number of nitrogens with zero attached hydrogens (tertiary/aromatic N) is 2. The number of sulfonamides is 1. The van der Waals surface area contributed by atoms with E-state index in [1.54, 1.807) is 6.07 Å². The van der Waals surface area contributed by atoms with Gasteiger partial charge in [0.15, 0.2) is 0 Å². The maximum Gasteiger partial charge on any atom is 0.238 e. The number of nitrogens with one attached hydrogen (secondary N) is 1. The second kappa shape index (κ2) is 7.86. The van der Waals surface area contributed by atoms with Gasteiger partial charge in [0.1, 0.15) is 11.6 Å². The molecule has 28 heavy (non-hydrogen) atoms. The minimum absolute atomic E-state index is 0.0212. The zero-order valence-electron chi connectivity index (χ0n) is 15.9. The Morgan fingerprint density at radius 2 is 2.07 bits per heavy atom. The molecule has 7 nitrogen and oxygen atoms in total. The van der Waals surface area contributed by atoms with E-state index in [9.17, 15) is 8.42 Å². The summed E-state index contributed by atoms with van der Waals surface area (Å²) in [5.41, 5.74) is 3.36. The normalized spacial score (nSPS) is 11.6. The van der Waals surface area contributed by atoms with Crippen molar-refractivity contribution in [2.75, 3.05) is 12.4 Å². The molecule has 0 aliphatic heterocycles. The third kappa shape index (κ3) is 4.01. The van der Waals surface area contributed by atoms with Gasteiger partial charge < -0.3 is 14.6 Å². The van der Waals surface area contributed by atoms with Crippen molar-refractivity contribution in [2.45, 2.75) is 31.7 Å². The third-order valence-electron chi connectivity index (χ3n) is 4.48. The SMILES string of the molecule is CCn1c(C)nc2cccc(NC(=S)Cc3cc(S(N)(=O)=O)ccc3OC)c21. The number of benzene rings is 2. The highest BCUT2D eigenvalue weighted by atomic mass is 32.2. The summed E-state index contributed by atoms with van der Waals surface area (Å²) in [7, 11) is -2.29. The van der Waals surface area contributed by atoms with Crippen LogP contribution in [0, 0.1) is 6.92 Å². The number of methoxy groups -OCH3 is 1. The van der Waals surface area contributed by atoms with Crippen molar-refractivity contribution in [3.05, 3.63) is 47.8 Å². The highest BCUT2D eigenvalue weighted by molar-refractivity contribution is 7.89. The van der Waals surface area contributed by atoms with Crippen LogP contribution in [0.5, 0.6) is 5.75 Å². The summed E-state index contributed by atoms with van der Waals surface area (Å²) in [6.45, 7) is 4.82. The number of aryl methyl sites for hydroxylation is 2. The lowest BCUT2D eigenvalue weighted by atomic mass is 10.1. The van der Waals surface area contributed by atoms with Crippen molar-refractivity contribution in [2.24, 2.45) is 5.14 Å². The summed E-state index contributed by atoms with van der Waals surface area (Å²) in [4.78, 5) is 5.13. The van der Waals surface area contributed by atoms with E-state index in [0.717, 1.165) is 29.1 Å². The van der Waals surface area contributed by atoms with Crippen LogP contribution in [0.3, 0.4) is 0 Å². The Bertz CT molecular complexity index is 1150. The topological polar surface area (TPSA) is 99.2 Å². The molecule has 0 bridgehead atoms. The number of aromatic nitrogens is 2. The summed E-state index contributed by atoms with van der Waals surface area (Å²) in [6.07, 6.45) is 0.303. The number of anilines is 1. The highest BCUT2D eigenvalue weighted by Gasteiger charge is 2.15. The molecule has 0 saturated heterocycles. The zero-order valence-corrected chi connectivity index (χ0v) is 17.5. The smallest absolute Gasteiger partial charge is 0.238 e. The van der Waals surface area contributed by atoms with Gasteiger partial charge in [0.25, 0.3) is 0 Å². The molecule has 0 spiro atoms. The second-order valence-corrected chi connectivity index (χ2v) is 8.37. The fourth-order valence-electron chi connectivity index (χ4n) is 3.23. The number of para-hydroxylation sites is 1. The average Bonchev–Trinajstić information content (AvgIpc) is 2.96. The van der Waals surface area contributed by atoms with Crippen LogP contribution in [-0.2, 0) is 23.0 Å². The van der Waals surface area contributed by atoms with Gasteiger partial charge >= 0.3 is 0 Å². The first kappa shape index (κ1) is 20.2. The number of imidazole rings is 1. The predicted molar refractivity (Wildman–Crippen MR) is 114 cm³/mol. The largest absolute Gasteiger partial charge is 0.496 e. The van der Waals surface area contributed by atoms with E-state index >= 15 is 0 Å². The molecule has 0 aliphatic carbocycles. The van der Waals surface area contributed by atoms with Crippen LogP contribution in [0.25, 0.3) is 11.0 Å². The van der Waals surface area contributed by atoms with E-state index in [0.29, 0.717) is 22.7 Å². The molecule has 148 valence electrons. The van der Waals surface area contributed by atoms with Crippen LogP contribution >= 0.6 is 12.2 Å². The Morgan fingerprint density at radius 1 is 1.32 bits per heavy atom. The van der Waals surface area contributed by atoms with Crippen molar-refractivity contribution in [1.82, 2.24) is 9.55 Å². The lowest BCUT2D eigenvalue weighted by molar-refractivity contribution is 0.410. The number of fused-ring (bicyclic) bond motifs is 1. The van der Waals surface area contributed by atoms with Crippen molar-refractivity contribution in [3.8, 4) is 5.75 Å². The number of primary sulfonamides is 1. The monoisotopic (exact) mass is 418 g/mol. The Kier molecular flexibility index (Phi) is 5.69. The molecule has 0 amide bonds. The number of rotatable bonds is 6. The van der Waals surface area contributed by atoms with Crippen LogP contribution in [0.15, 0.2) is 41.3 Å². The predicted octanol–water partition coefficient (Wildman–Crippen LogP) is 3.00. The maximum atomic E-state index is 11.7. The van der Waals surface area contributed by atoms with E-state index in [1.807, 2.05) is 25.1 Å². The van der Waals surface area contributed by atoms with Crippen LogP contribution < -0.4 is 15.2 Å². The van der Waals surface area contributed by atoms with E-state index in [4.69, 9.17) is 22.1 Å². The fraction of sp³-hybridized carbons (Fsp3) is 0.263. The molecule has 0 unspecified atom stereocenters. The first-order valence-electron chi connectivity index (χ1n) is 8.70. The van der Waals surface area contributed by atoms with Crippen LogP contribution in [0.1, 0.15) is 18.3 Å². The number of thiocarbonyl (C=S) groups is 1. The van der Waals surface area contributed by atoms with Crippen molar-refractivity contribution in [3.63, 3.8) is 0 Å². The maximum absolute atomic E-state index is 11.7. The number of hydrogen-bond donors (Lipinski definition) is 2. The van der Waals surface area contributed by atoms with E-state index in [1.165, 1.54) is 19.2 Å². The molecule has 1 aromatic heterocycles. The van der Waals surface area contributed by atoms with Gasteiger partial charge in [-0.05, 0) is 44.2 Å². The van der Waals surface area contributed by atoms with Gasteiger partial charge in [-0.3, -0.25) is 0 Å². The lowest BCUT2D eigenvalue weighted by Crippen LogP contribution is -2.16. The van der Waals surface area contributed by atoms with Gasteiger partial charge in [0.2, 0.25) is 10.0 Å². The molecule has 3 N–H and O–H groups in total. The van der Waals surface area contributed by atoms with Gasteiger partial charge in [-0.1, -0.05) is 18.3 Å². The summed E-state index contributed by atoms with van der Waals surface area (Å²) in [5, 5.41) is 8.51. The molecule has 0 fully saturated rings. The van der Waals surface area contributed by atoms with Crippen molar-refractivity contribution < 1.29 is 13.2 Å². The molecule has 1 heterocycles. The Labute approximate surface area is 169 Å². The van der Waals surface area contributed by atoms with E-state index < -0.39 is 10.0 Å². The molecule has 3 aromatic rings. The Morgan fingerprint density at radius 3 is 2.71 bits per heavy atom. The molecular formula is C19H22N4O3S2. The number of hydrogen-bond acceptors (Lipinski definition) is 5. The zero-order chi connectivity index (χ0) is 20.5. The number of nitrogens with two attached hydrogens (primary N) is 1. The standard InChI is InChI=1S/C19H22N4O3S2/c1-4-23-12(2)21-15-6-5-7-16(19(15)23)22-18(27)11-13-10-14(28(20,24)25)8-9-17(13)26-3/h5-10H,4,11H2,1-3H3,(H,22,27)(H2,20,24,25). The third-order valence-corrected chi connectivity index (χ3v) is 5.64. The molecule has 0 radical (unpaired) electrons. The fourth-order valence-corrected chi connectivity index (χ4v) is 4.06. The van der Waals surface area contributed by atoms with Crippen LogP contribution in [0.4, 0.5) is 5.69 Å². The van der Waals surface area contributed by atoms with Gasteiger partial charge in [-0.15, -0.1) is 0 Å². The minimum atomic E-state index is -3.81. The van der Waals surface area contributed by atoms with Gasteiger partial charge in [0.05, 0.1) is 33.7 Å². The molecule has 3 rings (SSSR count). The summed E-state index contributed by atoms with van der Waals surface area (Å²) >= 11 is 5.53. The quantitative estimate of drug-likeness (QED) is 0.597. The molecule has 2 aromatic carbocycles. The molecular weight excluding hydrogens is 396 g/mol. The molecule has 9 heteroatoms. The van der Waals surface area contributed by atoms with Crippen LogP contribution in [0.2, 0.25) is 0 Å². The van der Waals surface area contributed by atoms with Gasteiger partial charge in [-0.2, -0.15) is 0 Å². The summed E-state index contributed by atoms with van der Waals surface area (Å²) in [6, 6.07) is 10.3. The summed E-state index contributed by atoms with van der Waals surface area (Å²) < 4.78 is 30.8. The highest BCUT2D eigenvalue weighted by Crippen LogP contribution is 2.26. The first-order chi connectivity index (χ1) is 13.2. The van der Waals surface area contributed by atoms with E-state index in [2.05, 4.69) is 21.8 Å². The van der Waals surface area contributed by atoms with Crippen molar-refractivity contribution in [1.29, 1.82) is 0 Å². The molecule has 0 aliphatic rings. The average molecular weight is 419 g/mol. The second-order valence-electron chi connectivity index (χ2n) is 6.32. The van der Waals surface area contributed by atoms with Crippen LogP contribution in [-0.4, -0.2) is 30.1 Å². The lowest BCUT2D eigenvalue weighted by Gasteiger charge is -2.14. The Balaban J connectivity index is 1.92. The molecule has 0 saturated carbocycles. The van der Waals surface area contributed by atoms with Gasteiger partial charge in [-0.25, -0.2) is 18.5 Å².